The number of Topliss-reactive ketones (excluding diaryl/α,β-unsaturated/α-hetero) is 1. The predicted molar refractivity (Wildman–Crippen MR) is 115 cm³/mol. The highest BCUT2D eigenvalue weighted by Gasteiger charge is 2.20. The molecule has 0 spiro atoms. The molecule has 1 aliphatic rings. The van der Waals surface area contributed by atoms with Crippen LogP contribution in [-0.2, 0) is 0 Å². The largest absolute Gasteiger partial charge is 0.380 e. The standard InChI is InChI=1S/C24H27N3O/c1-15-11-16(2)13-18(12-15)21-9-10-22-24(27-21)23(20(14-25-22)17(3)28)26-19-7-5-4-6-8-19/h9-14,19H,4-8H2,1-3H3,(H,25,26). The van der Waals surface area contributed by atoms with Gasteiger partial charge >= 0.3 is 0 Å². The van der Waals surface area contributed by atoms with Gasteiger partial charge in [0.05, 0.1) is 22.5 Å². The van der Waals surface area contributed by atoms with Crippen molar-refractivity contribution in [2.24, 2.45) is 0 Å². The van der Waals surface area contributed by atoms with Crippen LogP contribution in [-0.4, -0.2) is 21.8 Å². The first-order valence-corrected chi connectivity index (χ1v) is 10.2. The van der Waals surface area contributed by atoms with E-state index in [4.69, 9.17) is 4.98 Å². The van der Waals surface area contributed by atoms with Gasteiger partial charge in [-0.2, -0.15) is 0 Å². The Morgan fingerprint density at radius 3 is 2.43 bits per heavy atom. The van der Waals surface area contributed by atoms with Gasteiger partial charge in [0.1, 0.15) is 5.52 Å². The summed E-state index contributed by atoms with van der Waals surface area (Å²) in [6.07, 6.45) is 7.72. The number of pyridine rings is 2. The van der Waals surface area contributed by atoms with Gasteiger partial charge in [-0.1, -0.05) is 36.5 Å². The van der Waals surface area contributed by atoms with E-state index in [1.165, 1.54) is 30.4 Å². The minimum atomic E-state index is 0.0197. The molecule has 0 aliphatic heterocycles. The van der Waals surface area contributed by atoms with Crippen molar-refractivity contribution in [2.45, 2.75) is 58.9 Å². The van der Waals surface area contributed by atoms with Crippen molar-refractivity contribution in [3.63, 3.8) is 0 Å². The van der Waals surface area contributed by atoms with Gasteiger partial charge in [-0.3, -0.25) is 9.78 Å². The van der Waals surface area contributed by atoms with Crippen molar-refractivity contribution in [1.82, 2.24) is 9.97 Å². The molecule has 1 saturated carbocycles. The Morgan fingerprint density at radius 1 is 1.04 bits per heavy atom. The number of rotatable bonds is 4. The van der Waals surface area contributed by atoms with Crippen LogP contribution in [0.25, 0.3) is 22.3 Å². The third-order valence-corrected chi connectivity index (χ3v) is 5.56. The highest BCUT2D eigenvalue weighted by Crippen LogP contribution is 2.31. The predicted octanol–water partition coefficient (Wildman–Crippen LogP) is 5.86. The SMILES string of the molecule is CC(=O)c1cnc2ccc(-c3cc(C)cc(C)c3)nc2c1NC1CCCCC1. The minimum Gasteiger partial charge on any atom is -0.380 e. The number of hydrogen-bond donors (Lipinski definition) is 1. The Kier molecular flexibility index (Phi) is 5.12. The maximum atomic E-state index is 12.3. The lowest BCUT2D eigenvalue weighted by atomic mass is 9.95. The number of aryl methyl sites for hydroxylation is 2. The lowest BCUT2D eigenvalue weighted by Gasteiger charge is -2.25. The van der Waals surface area contributed by atoms with Crippen molar-refractivity contribution in [3.8, 4) is 11.3 Å². The Hall–Kier alpha value is -2.75. The number of carbonyl (C=O) groups is 1. The highest BCUT2D eigenvalue weighted by molar-refractivity contribution is 6.06. The van der Waals surface area contributed by atoms with Crippen LogP contribution in [0, 0.1) is 13.8 Å². The summed E-state index contributed by atoms with van der Waals surface area (Å²) in [5, 5.41) is 3.65. The molecule has 0 amide bonds. The number of nitrogens with zero attached hydrogens (tertiary/aromatic N) is 2. The maximum Gasteiger partial charge on any atom is 0.163 e. The second kappa shape index (κ2) is 7.70. The molecule has 1 N–H and O–H groups in total. The van der Waals surface area contributed by atoms with Crippen molar-refractivity contribution >= 4 is 22.5 Å². The fraction of sp³-hybridized carbons (Fsp3) is 0.375. The minimum absolute atomic E-state index is 0.0197. The van der Waals surface area contributed by atoms with E-state index in [0.29, 0.717) is 11.6 Å². The Balaban J connectivity index is 1.85. The van der Waals surface area contributed by atoms with E-state index in [0.717, 1.165) is 40.8 Å². The lowest BCUT2D eigenvalue weighted by molar-refractivity contribution is 0.101. The average Bonchev–Trinajstić information content (AvgIpc) is 2.67. The van der Waals surface area contributed by atoms with E-state index >= 15 is 0 Å². The molecule has 144 valence electrons. The smallest absolute Gasteiger partial charge is 0.163 e. The molecule has 1 fully saturated rings. The summed E-state index contributed by atoms with van der Waals surface area (Å²) in [6, 6.07) is 10.9. The molecule has 0 radical (unpaired) electrons. The van der Waals surface area contributed by atoms with Gasteiger partial charge in [-0.15, -0.1) is 0 Å². The molecule has 0 unspecified atom stereocenters. The zero-order valence-corrected chi connectivity index (χ0v) is 16.9. The molecule has 4 heteroatoms. The molecule has 0 atom stereocenters. The Morgan fingerprint density at radius 2 is 1.75 bits per heavy atom. The first kappa shape index (κ1) is 18.6. The molecule has 0 bridgehead atoms. The molecule has 0 saturated heterocycles. The third kappa shape index (κ3) is 3.77. The molecule has 3 aromatic rings. The number of hydrogen-bond acceptors (Lipinski definition) is 4. The van der Waals surface area contributed by atoms with E-state index in [9.17, 15) is 4.79 Å². The van der Waals surface area contributed by atoms with Crippen LogP contribution in [0.3, 0.4) is 0 Å². The summed E-state index contributed by atoms with van der Waals surface area (Å²) in [6.45, 7) is 5.80. The topological polar surface area (TPSA) is 54.9 Å². The number of nitrogens with one attached hydrogen (secondary N) is 1. The van der Waals surface area contributed by atoms with Gasteiger partial charge in [0.15, 0.2) is 5.78 Å². The number of carbonyl (C=O) groups excluding carboxylic acids is 1. The number of fused-ring (bicyclic) bond motifs is 1. The third-order valence-electron chi connectivity index (χ3n) is 5.56. The Bertz CT molecular complexity index is 1020. The van der Waals surface area contributed by atoms with Crippen LogP contribution in [0.2, 0.25) is 0 Å². The van der Waals surface area contributed by atoms with Crippen molar-refractivity contribution in [1.29, 1.82) is 0 Å². The van der Waals surface area contributed by atoms with E-state index < -0.39 is 0 Å². The van der Waals surface area contributed by atoms with Gasteiger partial charge in [0.2, 0.25) is 0 Å². The van der Waals surface area contributed by atoms with Crippen LogP contribution >= 0.6 is 0 Å². The molecule has 2 heterocycles. The first-order valence-electron chi connectivity index (χ1n) is 10.2. The van der Waals surface area contributed by atoms with Crippen LogP contribution in [0.1, 0.15) is 60.5 Å². The summed E-state index contributed by atoms with van der Waals surface area (Å²) >= 11 is 0. The normalized spacial score (nSPS) is 15.0. The fourth-order valence-corrected chi connectivity index (χ4v) is 4.21. The summed E-state index contributed by atoms with van der Waals surface area (Å²) in [4.78, 5) is 21.7. The maximum absolute atomic E-state index is 12.3. The van der Waals surface area contributed by atoms with E-state index in [2.05, 4.69) is 42.3 Å². The molecule has 4 rings (SSSR count). The summed E-state index contributed by atoms with van der Waals surface area (Å²) in [5.74, 6) is 0.0197. The first-order chi connectivity index (χ1) is 13.5. The second-order valence-corrected chi connectivity index (χ2v) is 8.02. The monoisotopic (exact) mass is 373 g/mol. The molecular formula is C24H27N3O. The van der Waals surface area contributed by atoms with Crippen LogP contribution in [0.4, 0.5) is 5.69 Å². The number of aromatic nitrogens is 2. The van der Waals surface area contributed by atoms with Crippen LogP contribution < -0.4 is 5.32 Å². The van der Waals surface area contributed by atoms with Crippen LogP contribution in [0.15, 0.2) is 36.5 Å². The van der Waals surface area contributed by atoms with E-state index in [1.54, 1.807) is 13.1 Å². The van der Waals surface area contributed by atoms with Gasteiger partial charge in [0, 0.05) is 17.8 Å². The molecular weight excluding hydrogens is 346 g/mol. The van der Waals surface area contributed by atoms with Crippen molar-refractivity contribution < 1.29 is 4.79 Å². The summed E-state index contributed by atoms with van der Waals surface area (Å²) < 4.78 is 0. The second-order valence-electron chi connectivity index (χ2n) is 8.02. The average molecular weight is 374 g/mol. The van der Waals surface area contributed by atoms with Crippen molar-refractivity contribution in [3.05, 3.63) is 53.2 Å². The molecule has 4 nitrogen and oxygen atoms in total. The van der Waals surface area contributed by atoms with Gasteiger partial charge < -0.3 is 5.32 Å². The summed E-state index contributed by atoms with van der Waals surface area (Å²) in [5.41, 5.74) is 7.51. The molecule has 2 aromatic heterocycles. The Labute approximate surface area is 166 Å². The summed E-state index contributed by atoms with van der Waals surface area (Å²) in [7, 11) is 0. The molecule has 1 aliphatic carbocycles. The lowest BCUT2D eigenvalue weighted by Crippen LogP contribution is -2.23. The fourth-order valence-electron chi connectivity index (χ4n) is 4.21. The van der Waals surface area contributed by atoms with E-state index in [-0.39, 0.29) is 5.78 Å². The van der Waals surface area contributed by atoms with Crippen molar-refractivity contribution in [2.75, 3.05) is 5.32 Å². The zero-order valence-electron chi connectivity index (χ0n) is 16.9. The van der Waals surface area contributed by atoms with E-state index in [1.807, 2.05) is 12.1 Å². The highest BCUT2D eigenvalue weighted by atomic mass is 16.1. The zero-order chi connectivity index (χ0) is 19.7. The van der Waals surface area contributed by atoms with Crippen LogP contribution in [0.5, 0.6) is 0 Å². The number of benzene rings is 1. The number of ketones is 1. The van der Waals surface area contributed by atoms with Gasteiger partial charge in [0.25, 0.3) is 0 Å². The van der Waals surface area contributed by atoms with Gasteiger partial charge in [-0.05, 0) is 57.9 Å². The molecule has 28 heavy (non-hydrogen) atoms. The van der Waals surface area contributed by atoms with Gasteiger partial charge in [-0.25, -0.2) is 4.98 Å². The number of anilines is 1. The molecule has 1 aromatic carbocycles. The quantitative estimate of drug-likeness (QED) is 0.582.